The molecule has 0 unspecified atom stereocenters. The number of hydrogen-bond donors (Lipinski definition) is 0. The summed E-state index contributed by atoms with van der Waals surface area (Å²) >= 11 is 0. The summed E-state index contributed by atoms with van der Waals surface area (Å²) in [4.78, 5) is 13.3. The normalized spacial score (nSPS) is 15.8. The molecule has 0 bridgehead atoms. The smallest absolute Gasteiger partial charge is 0.151 e. The van der Waals surface area contributed by atoms with E-state index in [1.54, 1.807) is 10.9 Å². The van der Waals surface area contributed by atoms with Gasteiger partial charge < -0.3 is 4.90 Å². The Hall–Kier alpha value is -2.24. The first-order valence-corrected chi connectivity index (χ1v) is 6.32. The fourth-order valence-corrected chi connectivity index (χ4v) is 2.19. The number of aryl methyl sites for hydroxylation is 1. The topological polar surface area (TPSA) is 63.9 Å². The van der Waals surface area contributed by atoms with Gasteiger partial charge in [-0.3, -0.25) is 9.48 Å². The summed E-state index contributed by atoms with van der Waals surface area (Å²) in [7, 11) is 1.87. The monoisotopic (exact) mass is 257 g/mol. The molecule has 2 aromatic heterocycles. The molecule has 1 fully saturated rings. The lowest BCUT2D eigenvalue weighted by molar-refractivity contribution is -0.119. The highest BCUT2D eigenvalue weighted by molar-refractivity contribution is 5.80. The van der Waals surface area contributed by atoms with Gasteiger partial charge in [-0.15, -0.1) is 10.2 Å². The van der Waals surface area contributed by atoms with Gasteiger partial charge in [0.25, 0.3) is 0 Å². The number of carbonyl (C=O) groups excluding carboxylic acids is 1. The zero-order valence-corrected chi connectivity index (χ0v) is 10.8. The van der Waals surface area contributed by atoms with Gasteiger partial charge in [0, 0.05) is 44.7 Å². The molecule has 2 aromatic rings. The summed E-state index contributed by atoms with van der Waals surface area (Å²) in [5, 5.41) is 12.6. The van der Waals surface area contributed by atoms with Crippen LogP contribution in [0.4, 0.5) is 5.82 Å². The molecule has 0 saturated carbocycles. The Kier molecular flexibility index (Phi) is 2.98. The molecule has 1 aliphatic rings. The molecule has 1 saturated heterocycles. The molecule has 6 nitrogen and oxygen atoms in total. The van der Waals surface area contributed by atoms with Gasteiger partial charge >= 0.3 is 0 Å². The van der Waals surface area contributed by atoms with Gasteiger partial charge in [-0.2, -0.15) is 5.10 Å². The number of aromatic nitrogens is 4. The third-order valence-electron chi connectivity index (χ3n) is 3.30. The van der Waals surface area contributed by atoms with Crippen LogP contribution in [0, 0.1) is 0 Å². The Morgan fingerprint density at radius 2 is 1.95 bits per heavy atom. The molecule has 0 N–H and O–H groups in total. The van der Waals surface area contributed by atoms with Crippen molar-refractivity contribution < 1.29 is 4.79 Å². The first-order chi connectivity index (χ1) is 9.22. The Labute approximate surface area is 111 Å². The molecular weight excluding hydrogens is 242 g/mol. The van der Waals surface area contributed by atoms with E-state index >= 15 is 0 Å². The molecule has 19 heavy (non-hydrogen) atoms. The summed E-state index contributed by atoms with van der Waals surface area (Å²) in [5.41, 5.74) is 1.76. The fourth-order valence-electron chi connectivity index (χ4n) is 2.19. The number of anilines is 1. The van der Waals surface area contributed by atoms with Crippen LogP contribution in [0.5, 0.6) is 0 Å². The van der Waals surface area contributed by atoms with Crippen LogP contribution >= 0.6 is 0 Å². The van der Waals surface area contributed by atoms with Crippen LogP contribution in [0.25, 0.3) is 11.3 Å². The first kappa shape index (κ1) is 11.8. The van der Waals surface area contributed by atoms with Crippen molar-refractivity contribution in [2.45, 2.75) is 12.8 Å². The maximum atomic E-state index is 11.2. The predicted molar refractivity (Wildman–Crippen MR) is 70.7 cm³/mol. The van der Waals surface area contributed by atoms with E-state index in [-0.39, 0.29) is 0 Å². The lowest BCUT2D eigenvalue weighted by Crippen LogP contribution is -2.34. The third kappa shape index (κ3) is 2.47. The van der Waals surface area contributed by atoms with Crippen LogP contribution in [0.1, 0.15) is 12.8 Å². The lowest BCUT2D eigenvalue weighted by atomic mass is 10.1. The number of nitrogens with zero attached hydrogens (tertiary/aromatic N) is 5. The zero-order valence-electron chi connectivity index (χ0n) is 10.8. The number of ketones is 1. The highest BCUT2D eigenvalue weighted by atomic mass is 16.1. The van der Waals surface area contributed by atoms with Crippen molar-refractivity contribution >= 4 is 11.6 Å². The van der Waals surface area contributed by atoms with E-state index < -0.39 is 0 Å². The van der Waals surface area contributed by atoms with Gasteiger partial charge in [0.2, 0.25) is 0 Å². The fraction of sp³-hybridized carbons (Fsp3) is 0.385. The van der Waals surface area contributed by atoms with Crippen LogP contribution in [0.15, 0.2) is 24.5 Å². The molecular formula is C13H15N5O. The summed E-state index contributed by atoms with van der Waals surface area (Å²) in [5.74, 6) is 1.16. The largest absolute Gasteiger partial charge is 0.354 e. The van der Waals surface area contributed by atoms with E-state index in [1.165, 1.54) is 0 Å². The third-order valence-corrected chi connectivity index (χ3v) is 3.30. The number of Topliss-reactive ketones (excluding diaryl/α,β-unsaturated/α-hetero) is 1. The van der Waals surface area contributed by atoms with Crippen molar-refractivity contribution in [1.29, 1.82) is 0 Å². The second-order valence-corrected chi connectivity index (χ2v) is 4.71. The van der Waals surface area contributed by atoms with Crippen molar-refractivity contribution in [2.75, 3.05) is 18.0 Å². The zero-order chi connectivity index (χ0) is 13.2. The standard InChI is InChI=1S/C13H15N5O/c1-17-9-10(8-14-17)12-2-3-13(16-15-12)18-6-4-11(19)5-7-18/h2-3,8-9H,4-7H2,1H3. The van der Waals surface area contributed by atoms with Crippen LogP contribution in [0.2, 0.25) is 0 Å². The molecule has 0 aromatic carbocycles. The highest BCUT2D eigenvalue weighted by Crippen LogP contribution is 2.19. The van der Waals surface area contributed by atoms with Crippen molar-refractivity contribution in [1.82, 2.24) is 20.0 Å². The molecule has 0 aliphatic carbocycles. The van der Waals surface area contributed by atoms with Crippen molar-refractivity contribution in [3.05, 3.63) is 24.5 Å². The number of carbonyl (C=O) groups is 1. The van der Waals surface area contributed by atoms with E-state index in [0.29, 0.717) is 18.6 Å². The average molecular weight is 257 g/mol. The van der Waals surface area contributed by atoms with Gasteiger partial charge in [-0.1, -0.05) is 0 Å². The lowest BCUT2D eigenvalue weighted by Gasteiger charge is -2.26. The summed E-state index contributed by atoms with van der Waals surface area (Å²) in [6, 6.07) is 3.89. The molecule has 0 radical (unpaired) electrons. The van der Waals surface area contributed by atoms with Crippen molar-refractivity contribution in [3.8, 4) is 11.3 Å². The first-order valence-electron chi connectivity index (χ1n) is 6.32. The Bertz CT molecular complexity index is 579. The van der Waals surface area contributed by atoms with Crippen LogP contribution < -0.4 is 4.90 Å². The number of rotatable bonds is 2. The summed E-state index contributed by atoms with van der Waals surface area (Å²) < 4.78 is 1.74. The Balaban J connectivity index is 1.77. The van der Waals surface area contributed by atoms with Crippen LogP contribution in [-0.2, 0) is 11.8 Å². The number of piperidine rings is 1. The van der Waals surface area contributed by atoms with E-state index in [1.807, 2.05) is 25.4 Å². The molecule has 0 spiro atoms. The van der Waals surface area contributed by atoms with Gasteiger partial charge in [-0.05, 0) is 12.1 Å². The minimum atomic E-state index is 0.330. The maximum absolute atomic E-state index is 11.2. The van der Waals surface area contributed by atoms with Gasteiger partial charge in [0.05, 0.1) is 11.9 Å². The second kappa shape index (κ2) is 4.79. The van der Waals surface area contributed by atoms with Gasteiger partial charge in [0.15, 0.2) is 5.82 Å². The quantitative estimate of drug-likeness (QED) is 0.804. The highest BCUT2D eigenvalue weighted by Gasteiger charge is 2.17. The SMILES string of the molecule is Cn1cc(-c2ccc(N3CCC(=O)CC3)nn2)cn1. The van der Waals surface area contributed by atoms with E-state index in [0.717, 1.165) is 30.2 Å². The maximum Gasteiger partial charge on any atom is 0.151 e. The van der Waals surface area contributed by atoms with Crippen LogP contribution in [-0.4, -0.2) is 38.9 Å². The van der Waals surface area contributed by atoms with E-state index in [2.05, 4.69) is 20.2 Å². The minimum Gasteiger partial charge on any atom is -0.354 e. The summed E-state index contributed by atoms with van der Waals surface area (Å²) in [6.07, 6.45) is 4.88. The Morgan fingerprint density at radius 3 is 2.53 bits per heavy atom. The van der Waals surface area contributed by atoms with Gasteiger partial charge in [0.1, 0.15) is 5.78 Å². The molecule has 0 atom stereocenters. The van der Waals surface area contributed by atoms with Crippen molar-refractivity contribution in [3.63, 3.8) is 0 Å². The molecule has 0 amide bonds. The predicted octanol–water partition coefficient (Wildman–Crippen LogP) is 1.05. The average Bonchev–Trinajstić information content (AvgIpc) is 2.87. The molecule has 6 heteroatoms. The van der Waals surface area contributed by atoms with E-state index in [9.17, 15) is 4.79 Å². The Morgan fingerprint density at radius 1 is 1.16 bits per heavy atom. The van der Waals surface area contributed by atoms with Crippen LogP contribution in [0.3, 0.4) is 0 Å². The van der Waals surface area contributed by atoms with Gasteiger partial charge in [-0.25, -0.2) is 0 Å². The molecule has 98 valence electrons. The second-order valence-electron chi connectivity index (χ2n) is 4.71. The summed E-state index contributed by atoms with van der Waals surface area (Å²) in [6.45, 7) is 1.47. The molecule has 1 aliphatic heterocycles. The van der Waals surface area contributed by atoms with E-state index in [4.69, 9.17) is 0 Å². The number of hydrogen-bond acceptors (Lipinski definition) is 5. The minimum absolute atomic E-state index is 0.330. The van der Waals surface area contributed by atoms with Crippen molar-refractivity contribution in [2.24, 2.45) is 7.05 Å². The molecule has 3 rings (SSSR count). The molecule has 3 heterocycles.